The Morgan fingerprint density at radius 1 is 1.35 bits per heavy atom. The number of hydrogen-bond donors (Lipinski definition) is 1. The van der Waals surface area contributed by atoms with E-state index in [1.807, 2.05) is 18.2 Å². The number of methoxy groups -OCH3 is 1. The van der Waals surface area contributed by atoms with Gasteiger partial charge in [0.1, 0.15) is 12.4 Å². The average Bonchev–Trinajstić information content (AvgIpc) is 2.96. The van der Waals surface area contributed by atoms with Crippen LogP contribution in [0, 0.1) is 0 Å². The first-order valence-corrected chi connectivity index (χ1v) is 6.68. The molecule has 0 aliphatic heterocycles. The van der Waals surface area contributed by atoms with Gasteiger partial charge in [-0.3, -0.25) is 0 Å². The van der Waals surface area contributed by atoms with E-state index in [1.165, 1.54) is 0 Å². The van der Waals surface area contributed by atoms with Crippen molar-refractivity contribution in [2.75, 3.05) is 20.3 Å². The van der Waals surface area contributed by atoms with Crippen LogP contribution in [0.2, 0.25) is 5.02 Å². The maximum absolute atomic E-state index is 6.19. The summed E-state index contributed by atoms with van der Waals surface area (Å²) < 4.78 is 15.5. The van der Waals surface area contributed by atoms with E-state index in [0.717, 1.165) is 18.7 Å². The van der Waals surface area contributed by atoms with Gasteiger partial charge in [0.15, 0.2) is 5.76 Å². The van der Waals surface area contributed by atoms with Gasteiger partial charge >= 0.3 is 0 Å². The van der Waals surface area contributed by atoms with Crippen LogP contribution in [-0.4, -0.2) is 25.4 Å². The van der Waals surface area contributed by atoms with Crippen LogP contribution < -0.4 is 10.1 Å². The molecule has 1 N–H and O–H groups in total. The van der Waals surface area contributed by atoms with E-state index in [2.05, 4.69) is 10.5 Å². The third-order valence-electron chi connectivity index (χ3n) is 2.67. The topological polar surface area (TPSA) is 56.5 Å². The summed E-state index contributed by atoms with van der Waals surface area (Å²) in [5.41, 5.74) is 1.10. The van der Waals surface area contributed by atoms with Crippen molar-refractivity contribution in [3.63, 3.8) is 0 Å². The molecule has 0 amide bonds. The van der Waals surface area contributed by atoms with Gasteiger partial charge in [-0.15, -0.1) is 0 Å². The highest BCUT2D eigenvalue weighted by Gasteiger charge is 2.05. The van der Waals surface area contributed by atoms with Crippen LogP contribution in [0.25, 0.3) is 0 Å². The molecule has 0 unspecified atom stereocenters. The van der Waals surface area contributed by atoms with Crippen LogP contribution in [0.4, 0.5) is 0 Å². The van der Waals surface area contributed by atoms with Crippen molar-refractivity contribution >= 4 is 11.6 Å². The summed E-state index contributed by atoms with van der Waals surface area (Å²) in [6.45, 7) is 2.54. The van der Waals surface area contributed by atoms with Gasteiger partial charge in [0.25, 0.3) is 0 Å². The maximum atomic E-state index is 6.19. The molecular weight excluding hydrogens is 280 g/mol. The highest BCUT2D eigenvalue weighted by atomic mass is 35.5. The molecule has 0 atom stereocenters. The van der Waals surface area contributed by atoms with E-state index in [0.29, 0.717) is 29.7 Å². The molecule has 2 aromatic rings. The summed E-state index contributed by atoms with van der Waals surface area (Å²) in [5, 5.41) is 7.45. The van der Waals surface area contributed by atoms with Gasteiger partial charge < -0.3 is 19.3 Å². The molecule has 0 aliphatic carbocycles. The molecule has 0 fully saturated rings. The predicted molar refractivity (Wildman–Crippen MR) is 75.9 cm³/mol. The van der Waals surface area contributed by atoms with Gasteiger partial charge in [0.2, 0.25) is 0 Å². The van der Waals surface area contributed by atoms with Crippen LogP contribution in [0.1, 0.15) is 11.3 Å². The molecule has 0 saturated carbocycles. The van der Waals surface area contributed by atoms with E-state index in [-0.39, 0.29) is 0 Å². The fourth-order valence-corrected chi connectivity index (χ4v) is 1.90. The van der Waals surface area contributed by atoms with E-state index in [1.54, 1.807) is 19.4 Å². The minimum Gasteiger partial charge on any atom is -0.484 e. The second-order valence-electron chi connectivity index (χ2n) is 4.20. The molecule has 1 aromatic heterocycles. The average molecular weight is 297 g/mol. The fourth-order valence-electron chi connectivity index (χ4n) is 1.64. The molecule has 0 bridgehead atoms. The van der Waals surface area contributed by atoms with Crippen LogP contribution in [0.15, 0.2) is 35.0 Å². The predicted octanol–water partition coefficient (Wildman–Crippen LogP) is 2.64. The van der Waals surface area contributed by atoms with Crippen molar-refractivity contribution in [3.05, 3.63) is 46.8 Å². The summed E-state index contributed by atoms with van der Waals surface area (Å²) in [6.07, 6.45) is 1.58. The zero-order chi connectivity index (χ0) is 14.2. The highest BCUT2D eigenvalue weighted by Crippen LogP contribution is 2.26. The monoisotopic (exact) mass is 296 g/mol. The molecule has 5 nitrogen and oxygen atoms in total. The minimum absolute atomic E-state index is 0.311. The van der Waals surface area contributed by atoms with Crippen LogP contribution in [0.3, 0.4) is 0 Å². The first-order chi connectivity index (χ1) is 9.79. The molecule has 20 heavy (non-hydrogen) atoms. The second-order valence-corrected chi connectivity index (χ2v) is 4.61. The Kier molecular flexibility index (Phi) is 5.86. The molecule has 0 spiro atoms. The first kappa shape index (κ1) is 14.8. The fraction of sp³-hybridized carbons (Fsp3) is 0.357. The molecule has 1 aromatic carbocycles. The van der Waals surface area contributed by atoms with Crippen molar-refractivity contribution in [1.29, 1.82) is 0 Å². The van der Waals surface area contributed by atoms with Gasteiger partial charge in [-0.1, -0.05) is 22.8 Å². The lowest BCUT2D eigenvalue weighted by Gasteiger charge is -2.09. The Bertz CT molecular complexity index is 517. The number of hydrogen-bond acceptors (Lipinski definition) is 5. The number of nitrogens with one attached hydrogen (secondary N) is 1. The summed E-state index contributed by atoms with van der Waals surface area (Å²) >= 11 is 6.19. The summed E-state index contributed by atoms with van der Waals surface area (Å²) in [7, 11) is 1.68. The quantitative estimate of drug-likeness (QED) is 0.759. The van der Waals surface area contributed by atoms with Gasteiger partial charge in [0.05, 0.1) is 17.8 Å². The standard InChI is InChI=1S/C14H17ClN2O3/c1-18-7-6-16-9-11-2-3-14(13(15)8-11)19-10-12-4-5-17-20-12/h2-5,8,16H,6-7,9-10H2,1H3. The zero-order valence-corrected chi connectivity index (χ0v) is 12.0. The largest absolute Gasteiger partial charge is 0.484 e. The molecule has 0 aliphatic rings. The number of halogens is 1. The molecule has 6 heteroatoms. The smallest absolute Gasteiger partial charge is 0.174 e. The number of nitrogens with zero attached hydrogens (tertiary/aromatic N) is 1. The Labute approximate surface area is 122 Å². The number of aromatic nitrogens is 1. The van der Waals surface area contributed by atoms with Gasteiger partial charge in [-0.2, -0.15) is 0 Å². The van der Waals surface area contributed by atoms with Crippen molar-refractivity contribution in [2.45, 2.75) is 13.2 Å². The Hall–Kier alpha value is -1.56. The minimum atomic E-state index is 0.311. The molecule has 0 saturated heterocycles. The number of benzene rings is 1. The Balaban J connectivity index is 1.85. The van der Waals surface area contributed by atoms with Crippen LogP contribution in [-0.2, 0) is 17.9 Å². The summed E-state index contributed by atoms with van der Waals surface area (Å²) in [4.78, 5) is 0. The third-order valence-corrected chi connectivity index (χ3v) is 2.96. The van der Waals surface area contributed by atoms with Crippen molar-refractivity contribution in [2.24, 2.45) is 0 Å². The molecule has 108 valence electrons. The third kappa shape index (κ3) is 4.52. The van der Waals surface area contributed by atoms with Crippen molar-refractivity contribution in [1.82, 2.24) is 10.5 Å². The summed E-state index contributed by atoms with van der Waals surface area (Å²) in [6, 6.07) is 7.46. The van der Waals surface area contributed by atoms with Gasteiger partial charge in [-0.25, -0.2) is 0 Å². The Morgan fingerprint density at radius 3 is 2.95 bits per heavy atom. The number of rotatable bonds is 8. The Morgan fingerprint density at radius 2 is 2.25 bits per heavy atom. The van der Waals surface area contributed by atoms with Crippen LogP contribution >= 0.6 is 11.6 Å². The van der Waals surface area contributed by atoms with Gasteiger partial charge in [0, 0.05) is 26.3 Å². The molecule has 0 radical (unpaired) electrons. The lowest BCUT2D eigenvalue weighted by molar-refractivity contribution is 0.199. The lowest BCUT2D eigenvalue weighted by Crippen LogP contribution is -2.18. The normalized spacial score (nSPS) is 10.7. The van der Waals surface area contributed by atoms with Crippen LogP contribution in [0.5, 0.6) is 5.75 Å². The van der Waals surface area contributed by atoms with E-state index in [4.69, 9.17) is 25.6 Å². The number of ether oxygens (including phenoxy) is 2. The zero-order valence-electron chi connectivity index (χ0n) is 11.3. The second kappa shape index (κ2) is 7.89. The molecular formula is C14H17ClN2O3. The summed E-state index contributed by atoms with van der Waals surface area (Å²) in [5.74, 6) is 1.29. The van der Waals surface area contributed by atoms with E-state index >= 15 is 0 Å². The molecule has 1 heterocycles. The first-order valence-electron chi connectivity index (χ1n) is 6.30. The molecule has 2 rings (SSSR count). The highest BCUT2D eigenvalue weighted by molar-refractivity contribution is 6.32. The maximum Gasteiger partial charge on any atom is 0.174 e. The van der Waals surface area contributed by atoms with Crippen molar-refractivity contribution in [3.8, 4) is 5.75 Å². The SMILES string of the molecule is COCCNCc1ccc(OCc2ccno2)c(Cl)c1. The lowest BCUT2D eigenvalue weighted by atomic mass is 10.2. The van der Waals surface area contributed by atoms with E-state index < -0.39 is 0 Å². The van der Waals surface area contributed by atoms with E-state index in [9.17, 15) is 0 Å². The van der Waals surface area contributed by atoms with Crippen molar-refractivity contribution < 1.29 is 14.0 Å². The van der Waals surface area contributed by atoms with Gasteiger partial charge in [-0.05, 0) is 17.7 Å².